The van der Waals surface area contributed by atoms with Crippen LogP contribution in [-0.4, -0.2) is 18.6 Å². The number of carbonyl (C=O) groups excluding carboxylic acids is 1. The summed E-state index contributed by atoms with van der Waals surface area (Å²) < 4.78 is 6.83. The number of nitrogens with one attached hydrogen (secondary N) is 1. The number of rotatable bonds is 4. The van der Waals surface area contributed by atoms with Crippen LogP contribution in [0.1, 0.15) is 21.5 Å². The fourth-order valence-electron chi connectivity index (χ4n) is 3.42. The summed E-state index contributed by atoms with van der Waals surface area (Å²) in [6, 6.07) is 14.9. The standard InChI is InChI=1S/C22H19ClN2O3/c1-14-10-17-12-19(13-24-22(26)16-6-8-25(27)9-7-16)28-21(17)20(11-14)15-2-4-18(23)5-3-15/h2-11,19H,12-13H2,1H3,(H,24,26). The zero-order valence-electron chi connectivity index (χ0n) is 15.3. The van der Waals surface area contributed by atoms with Crippen LogP contribution in [0.3, 0.4) is 0 Å². The minimum absolute atomic E-state index is 0.139. The van der Waals surface area contributed by atoms with E-state index in [0.717, 1.165) is 34.4 Å². The van der Waals surface area contributed by atoms with Crippen molar-refractivity contribution < 1.29 is 14.3 Å². The molecule has 28 heavy (non-hydrogen) atoms. The number of ether oxygens (including phenoxy) is 1. The summed E-state index contributed by atoms with van der Waals surface area (Å²) in [6.07, 6.45) is 3.20. The van der Waals surface area contributed by atoms with E-state index >= 15 is 0 Å². The van der Waals surface area contributed by atoms with E-state index in [1.54, 1.807) is 0 Å². The Morgan fingerprint density at radius 1 is 1.21 bits per heavy atom. The Hall–Kier alpha value is -3.05. The third kappa shape index (κ3) is 3.80. The maximum Gasteiger partial charge on any atom is 0.251 e. The van der Waals surface area contributed by atoms with Gasteiger partial charge in [-0.1, -0.05) is 29.8 Å². The Kier molecular flexibility index (Phi) is 4.92. The van der Waals surface area contributed by atoms with E-state index in [4.69, 9.17) is 16.3 Å². The third-order valence-corrected chi connectivity index (χ3v) is 5.00. The van der Waals surface area contributed by atoms with Crippen molar-refractivity contribution in [3.05, 3.63) is 87.8 Å². The molecule has 1 amide bonds. The Bertz CT molecular complexity index is 1020. The van der Waals surface area contributed by atoms with Crippen LogP contribution in [0.25, 0.3) is 11.1 Å². The van der Waals surface area contributed by atoms with E-state index in [9.17, 15) is 10.0 Å². The van der Waals surface area contributed by atoms with Crippen LogP contribution < -0.4 is 14.8 Å². The molecule has 3 aromatic rings. The molecule has 2 aromatic carbocycles. The molecular weight excluding hydrogens is 376 g/mol. The molecule has 2 heterocycles. The monoisotopic (exact) mass is 394 g/mol. The van der Waals surface area contributed by atoms with Crippen LogP contribution in [0.5, 0.6) is 5.75 Å². The summed E-state index contributed by atoms with van der Waals surface area (Å²) in [5.74, 6) is 0.633. The second kappa shape index (κ2) is 7.52. The fourth-order valence-corrected chi connectivity index (χ4v) is 3.55. The van der Waals surface area contributed by atoms with Crippen molar-refractivity contribution in [1.29, 1.82) is 0 Å². The molecule has 1 atom stereocenters. The molecule has 0 fully saturated rings. The van der Waals surface area contributed by atoms with Gasteiger partial charge in [0, 0.05) is 29.1 Å². The number of carbonyl (C=O) groups is 1. The number of amides is 1. The number of aryl methyl sites for hydroxylation is 1. The summed E-state index contributed by atoms with van der Waals surface area (Å²) in [6.45, 7) is 2.45. The van der Waals surface area contributed by atoms with E-state index in [1.165, 1.54) is 24.5 Å². The van der Waals surface area contributed by atoms with Gasteiger partial charge < -0.3 is 15.3 Å². The highest BCUT2D eigenvalue weighted by Crippen LogP contribution is 2.40. The molecule has 0 spiro atoms. The van der Waals surface area contributed by atoms with E-state index in [1.807, 2.05) is 24.3 Å². The number of hydrogen-bond acceptors (Lipinski definition) is 3. The van der Waals surface area contributed by atoms with Gasteiger partial charge in [0.25, 0.3) is 5.91 Å². The first-order chi connectivity index (χ1) is 13.5. The van der Waals surface area contributed by atoms with Gasteiger partial charge in [0.15, 0.2) is 12.4 Å². The van der Waals surface area contributed by atoms with E-state index in [-0.39, 0.29) is 12.0 Å². The molecule has 1 N–H and O–H groups in total. The summed E-state index contributed by atoms with van der Waals surface area (Å²) in [7, 11) is 0. The minimum Gasteiger partial charge on any atom is -0.619 e. The average Bonchev–Trinajstić information content (AvgIpc) is 3.09. The Balaban J connectivity index is 1.49. The molecule has 0 aliphatic carbocycles. The first kappa shape index (κ1) is 18.3. The van der Waals surface area contributed by atoms with Crippen LogP contribution in [0.15, 0.2) is 60.9 Å². The zero-order chi connectivity index (χ0) is 19.7. The molecule has 142 valence electrons. The van der Waals surface area contributed by atoms with Crippen LogP contribution in [-0.2, 0) is 6.42 Å². The van der Waals surface area contributed by atoms with Crippen molar-refractivity contribution in [3.63, 3.8) is 0 Å². The highest BCUT2D eigenvalue weighted by molar-refractivity contribution is 6.30. The van der Waals surface area contributed by atoms with Gasteiger partial charge in [0.1, 0.15) is 11.9 Å². The smallest absolute Gasteiger partial charge is 0.251 e. The number of benzene rings is 2. The highest BCUT2D eigenvalue weighted by atomic mass is 35.5. The molecule has 0 saturated carbocycles. The lowest BCUT2D eigenvalue weighted by Crippen LogP contribution is -2.35. The van der Waals surface area contributed by atoms with Crippen molar-refractivity contribution >= 4 is 17.5 Å². The van der Waals surface area contributed by atoms with E-state index < -0.39 is 0 Å². The lowest BCUT2D eigenvalue weighted by atomic mass is 9.98. The molecule has 0 saturated heterocycles. The molecule has 5 nitrogen and oxygen atoms in total. The lowest BCUT2D eigenvalue weighted by molar-refractivity contribution is -0.605. The molecule has 0 bridgehead atoms. The van der Waals surface area contributed by atoms with Crippen LogP contribution in [0, 0.1) is 12.1 Å². The Labute approximate surface area is 168 Å². The second-order valence-electron chi connectivity index (χ2n) is 6.91. The average molecular weight is 395 g/mol. The van der Waals surface area contributed by atoms with Gasteiger partial charge in [-0.15, -0.1) is 0 Å². The molecule has 4 rings (SSSR count). The van der Waals surface area contributed by atoms with Gasteiger partial charge in [-0.3, -0.25) is 4.79 Å². The quantitative estimate of drug-likeness (QED) is 0.542. The maximum absolute atomic E-state index is 12.3. The van der Waals surface area contributed by atoms with Crippen molar-refractivity contribution in [2.45, 2.75) is 19.4 Å². The zero-order valence-corrected chi connectivity index (χ0v) is 16.1. The van der Waals surface area contributed by atoms with Crippen LogP contribution in [0.2, 0.25) is 5.02 Å². The van der Waals surface area contributed by atoms with Gasteiger partial charge in [0.2, 0.25) is 0 Å². The molecule has 1 unspecified atom stereocenters. The van der Waals surface area contributed by atoms with Gasteiger partial charge in [0.05, 0.1) is 12.1 Å². The highest BCUT2D eigenvalue weighted by Gasteiger charge is 2.27. The number of nitrogens with zero attached hydrogens (tertiary/aromatic N) is 1. The largest absolute Gasteiger partial charge is 0.619 e. The summed E-state index contributed by atoms with van der Waals surface area (Å²) in [4.78, 5) is 12.3. The van der Waals surface area contributed by atoms with Gasteiger partial charge in [-0.05, 0) is 41.8 Å². The number of hydrogen-bond donors (Lipinski definition) is 1. The summed E-state index contributed by atoms with van der Waals surface area (Å²) in [5, 5.41) is 14.7. The molecule has 1 aliphatic heterocycles. The van der Waals surface area contributed by atoms with Gasteiger partial charge in [-0.2, -0.15) is 4.73 Å². The van der Waals surface area contributed by atoms with Crippen LogP contribution in [0.4, 0.5) is 0 Å². The van der Waals surface area contributed by atoms with Gasteiger partial charge >= 0.3 is 0 Å². The van der Waals surface area contributed by atoms with Crippen molar-refractivity contribution in [2.24, 2.45) is 0 Å². The van der Waals surface area contributed by atoms with Crippen molar-refractivity contribution in [3.8, 4) is 16.9 Å². The maximum atomic E-state index is 12.3. The first-order valence-electron chi connectivity index (χ1n) is 9.03. The Morgan fingerprint density at radius 3 is 2.64 bits per heavy atom. The number of fused-ring (bicyclic) bond motifs is 1. The number of pyridine rings is 1. The molecule has 0 radical (unpaired) electrons. The number of halogens is 1. The lowest BCUT2D eigenvalue weighted by Gasteiger charge is -2.14. The summed E-state index contributed by atoms with van der Waals surface area (Å²) >= 11 is 6.01. The minimum atomic E-state index is -0.228. The molecular formula is C22H19ClN2O3. The topological polar surface area (TPSA) is 65.3 Å². The Morgan fingerprint density at radius 2 is 1.93 bits per heavy atom. The van der Waals surface area contributed by atoms with Crippen molar-refractivity contribution in [2.75, 3.05) is 6.54 Å². The fraction of sp³-hybridized carbons (Fsp3) is 0.182. The van der Waals surface area contributed by atoms with E-state index in [0.29, 0.717) is 21.9 Å². The molecule has 6 heteroatoms. The predicted octanol–water partition coefficient (Wildman–Crippen LogP) is 3.68. The second-order valence-corrected chi connectivity index (χ2v) is 7.34. The van der Waals surface area contributed by atoms with Crippen molar-refractivity contribution in [1.82, 2.24) is 5.32 Å². The van der Waals surface area contributed by atoms with E-state index in [2.05, 4.69) is 24.4 Å². The normalized spacial score (nSPS) is 15.0. The third-order valence-electron chi connectivity index (χ3n) is 4.75. The predicted molar refractivity (Wildman–Crippen MR) is 107 cm³/mol. The van der Waals surface area contributed by atoms with Crippen LogP contribution >= 0.6 is 11.6 Å². The first-order valence-corrected chi connectivity index (χ1v) is 9.40. The summed E-state index contributed by atoms with van der Waals surface area (Å²) in [5.41, 5.74) is 4.82. The number of aromatic nitrogens is 1. The molecule has 1 aromatic heterocycles. The molecule has 1 aliphatic rings. The van der Waals surface area contributed by atoms with Gasteiger partial charge in [-0.25, -0.2) is 0 Å². The SMILES string of the molecule is Cc1cc2c(c(-c3ccc(Cl)cc3)c1)OC(CNC(=O)c1cc[n+]([O-])cc1)C2.